The molecule has 3 aromatic carbocycles. The monoisotopic (exact) mass is 508 g/mol. The molecular weight excluding hydrogens is 476 g/mol. The van der Waals surface area contributed by atoms with Gasteiger partial charge in [0.25, 0.3) is 0 Å². The Morgan fingerprint density at radius 2 is 1.82 bits per heavy atom. The van der Waals surface area contributed by atoms with Crippen LogP contribution in [-0.2, 0) is 28.2 Å². The van der Waals surface area contributed by atoms with Crippen molar-refractivity contribution in [2.45, 2.75) is 61.9 Å². The molecule has 5 heterocycles. The first-order chi connectivity index (χ1) is 18.7. The lowest BCUT2D eigenvalue weighted by molar-refractivity contribution is -0.292. The predicted molar refractivity (Wildman–Crippen MR) is 143 cm³/mol. The van der Waals surface area contributed by atoms with Crippen LogP contribution in [0.25, 0.3) is 0 Å². The standard InChI is InChI=1S/C31H32N4O3/c1-2-37-22-14-12-21(13-15-22)18-34-19-26-28-30(23-10-6-7-11-24(23)33-28)31(32-17-20-8-4-3-5-9-20)27(38-30)16-25(29(34)36)35(26)31/h3-15,25-28,32-33H,2,16-19H2,1H3/t25-,26?,27?,28+,30?,31?/m0/s1. The van der Waals surface area contributed by atoms with E-state index in [1.807, 2.05) is 25.1 Å². The van der Waals surface area contributed by atoms with E-state index in [1.54, 1.807) is 0 Å². The van der Waals surface area contributed by atoms with Gasteiger partial charge in [0, 0.05) is 37.3 Å². The highest BCUT2D eigenvalue weighted by Crippen LogP contribution is 2.69. The molecule has 0 aromatic heterocycles. The van der Waals surface area contributed by atoms with Gasteiger partial charge in [-0.3, -0.25) is 15.0 Å². The Morgan fingerprint density at radius 3 is 2.63 bits per heavy atom. The van der Waals surface area contributed by atoms with Crippen LogP contribution in [0.3, 0.4) is 0 Å². The lowest BCUT2D eigenvalue weighted by atomic mass is 9.71. The van der Waals surface area contributed by atoms with E-state index >= 15 is 0 Å². The molecule has 1 amide bonds. The lowest BCUT2D eigenvalue weighted by Crippen LogP contribution is -2.79. The summed E-state index contributed by atoms with van der Waals surface area (Å²) in [5.74, 6) is 1.07. The second-order valence-corrected chi connectivity index (χ2v) is 11.1. The average Bonchev–Trinajstić information content (AvgIpc) is 3.47. The zero-order chi connectivity index (χ0) is 25.5. The molecule has 0 bridgehead atoms. The van der Waals surface area contributed by atoms with Crippen molar-refractivity contribution < 1.29 is 14.3 Å². The van der Waals surface area contributed by atoms with Gasteiger partial charge in [0.15, 0.2) is 5.60 Å². The number of nitrogens with one attached hydrogen (secondary N) is 2. The number of piperazine rings is 1. The average molecular weight is 509 g/mol. The third-order valence-electron chi connectivity index (χ3n) is 9.38. The third-order valence-corrected chi connectivity index (χ3v) is 9.38. The molecule has 4 unspecified atom stereocenters. The van der Waals surface area contributed by atoms with Crippen molar-refractivity contribution in [2.24, 2.45) is 0 Å². The normalized spacial score (nSPS) is 33.8. The van der Waals surface area contributed by atoms with E-state index in [0.717, 1.165) is 23.5 Å². The van der Waals surface area contributed by atoms with Crippen molar-refractivity contribution in [3.05, 3.63) is 95.6 Å². The zero-order valence-electron chi connectivity index (χ0n) is 21.5. The van der Waals surface area contributed by atoms with Gasteiger partial charge in [0.05, 0.1) is 30.8 Å². The summed E-state index contributed by atoms with van der Waals surface area (Å²) in [5, 5.41) is 7.83. The van der Waals surface area contributed by atoms with Crippen molar-refractivity contribution in [1.82, 2.24) is 15.1 Å². The number of hydrogen-bond donors (Lipinski definition) is 2. The SMILES string of the molecule is CCOc1ccc(CN2CC3[C@H]4Nc5ccccc5C45OC4C[C@@H](C2=O)N3C45NCc2ccccc2)cc1. The number of benzene rings is 3. The molecule has 0 aliphatic carbocycles. The number of fused-ring (bicyclic) bond motifs is 2. The number of ether oxygens (including phenoxy) is 2. The smallest absolute Gasteiger partial charge is 0.240 e. The summed E-state index contributed by atoms with van der Waals surface area (Å²) in [4.78, 5) is 18.6. The van der Waals surface area contributed by atoms with Crippen molar-refractivity contribution in [1.29, 1.82) is 0 Å². The van der Waals surface area contributed by atoms with Crippen LogP contribution in [0.4, 0.5) is 5.69 Å². The van der Waals surface area contributed by atoms with E-state index in [4.69, 9.17) is 9.47 Å². The fourth-order valence-electron chi connectivity index (χ4n) is 8.02. The highest BCUT2D eigenvalue weighted by molar-refractivity contribution is 5.85. The maximum Gasteiger partial charge on any atom is 0.240 e. The Balaban J connectivity index is 1.16. The Kier molecular flexibility index (Phi) is 4.79. The van der Waals surface area contributed by atoms with Crippen LogP contribution >= 0.6 is 0 Å². The third kappa shape index (κ3) is 2.76. The molecule has 7 heteroatoms. The first-order valence-corrected chi connectivity index (χ1v) is 13.8. The van der Waals surface area contributed by atoms with Crippen LogP contribution in [0.15, 0.2) is 78.9 Å². The van der Waals surface area contributed by atoms with Crippen LogP contribution in [0.2, 0.25) is 0 Å². The first kappa shape index (κ1) is 22.6. The lowest BCUT2D eigenvalue weighted by Gasteiger charge is -2.59. The number of amides is 1. The zero-order valence-corrected chi connectivity index (χ0v) is 21.5. The molecule has 2 N–H and O–H groups in total. The minimum atomic E-state index is -0.516. The fourth-order valence-corrected chi connectivity index (χ4v) is 8.02. The number of hydrogen-bond acceptors (Lipinski definition) is 6. The predicted octanol–water partition coefficient (Wildman–Crippen LogP) is 3.46. The molecule has 38 heavy (non-hydrogen) atoms. The Hall–Kier alpha value is -3.39. The summed E-state index contributed by atoms with van der Waals surface area (Å²) >= 11 is 0. The van der Waals surface area contributed by atoms with E-state index < -0.39 is 11.3 Å². The Labute approximate surface area is 222 Å². The number of rotatable bonds is 7. The van der Waals surface area contributed by atoms with E-state index in [-0.39, 0.29) is 30.1 Å². The van der Waals surface area contributed by atoms with Gasteiger partial charge in [0.2, 0.25) is 5.91 Å². The molecule has 7 nitrogen and oxygen atoms in total. The number of carbonyl (C=O) groups is 1. The summed E-state index contributed by atoms with van der Waals surface area (Å²) in [7, 11) is 0. The molecule has 194 valence electrons. The number of anilines is 1. The highest BCUT2D eigenvalue weighted by Gasteiger charge is 2.87. The van der Waals surface area contributed by atoms with Gasteiger partial charge < -0.3 is 19.7 Å². The molecule has 3 aromatic rings. The largest absolute Gasteiger partial charge is 0.494 e. The maximum absolute atomic E-state index is 14.0. The number of carbonyl (C=O) groups excluding carboxylic acids is 1. The summed E-state index contributed by atoms with van der Waals surface area (Å²) in [6, 6.07) is 27.2. The van der Waals surface area contributed by atoms with E-state index in [9.17, 15) is 4.79 Å². The summed E-state index contributed by atoms with van der Waals surface area (Å²) in [6.45, 7) is 4.64. The minimum absolute atomic E-state index is 0.0361. The molecule has 0 saturated carbocycles. The minimum Gasteiger partial charge on any atom is -0.494 e. The van der Waals surface area contributed by atoms with Crippen molar-refractivity contribution in [3.8, 4) is 5.75 Å². The quantitative estimate of drug-likeness (QED) is 0.510. The van der Waals surface area contributed by atoms with Gasteiger partial charge in [-0.05, 0) is 36.2 Å². The molecule has 4 fully saturated rings. The topological polar surface area (TPSA) is 66.1 Å². The van der Waals surface area contributed by atoms with Crippen LogP contribution < -0.4 is 15.4 Å². The van der Waals surface area contributed by atoms with E-state index in [2.05, 4.69) is 81.1 Å². The van der Waals surface area contributed by atoms with E-state index in [0.29, 0.717) is 26.1 Å². The van der Waals surface area contributed by atoms with Crippen LogP contribution in [0, 0.1) is 0 Å². The van der Waals surface area contributed by atoms with Gasteiger partial charge in [0.1, 0.15) is 11.4 Å². The van der Waals surface area contributed by atoms with Gasteiger partial charge >= 0.3 is 0 Å². The Morgan fingerprint density at radius 1 is 1.03 bits per heavy atom. The van der Waals surface area contributed by atoms with Gasteiger partial charge in [-0.25, -0.2) is 0 Å². The van der Waals surface area contributed by atoms with Crippen molar-refractivity contribution in [2.75, 3.05) is 18.5 Å². The van der Waals surface area contributed by atoms with Gasteiger partial charge in [-0.2, -0.15) is 0 Å². The van der Waals surface area contributed by atoms with Crippen molar-refractivity contribution in [3.63, 3.8) is 0 Å². The Bertz CT molecular complexity index is 1400. The summed E-state index contributed by atoms with van der Waals surface area (Å²) < 4.78 is 12.5. The molecule has 5 aliphatic rings. The molecule has 1 spiro atoms. The van der Waals surface area contributed by atoms with Crippen LogP contribution in [-0.4, -0.2) is 58.8 Å². The maximum atomic E-state index is 14.0. The number of nitrogens with zero attached hydrogens (tertiary/aromatic N) is 2. The molecule has 4 saturated heterocycles. The summed E-state index contributed by atoms with van der Waals surface area (Å²) in [5.41, 5.74) is 3.79. The summed E-state index contributed by atoms with van der Waals surface area (Å²) in [6.07, 6.45) is 0.680. The highest BCUT2D eigenvalue weighted by atomic mass is 16.6. The van der Waals surface area contributed by atoms with Crippen LogP contribution in [0.5, 0.6) is 5.75 Å². The molecule has 0 radical (unpaired) electrons. The number of para-hydroxylation sites is 1. The second kappa shape index (κ2) is 8.06. The first-order valence-electron chi connectivity index (χ1n) is 13.8. The second-order valence-electron chi connectivity index (χ2n) is 11.1. The van der Waals surface area contributed by atoms with E-state index in [1.165, 1.54) is 11.1 Å². The molecular formula is C31H32N4O3. The molecule has 8 rings (SSSR count). The van der Waals surface area contributed by atoms with Crippen LogP contribution in [0.1, 0.15) is 30.0 Å². The van der Waals surface area contributed by atoms with Gasteiger partial charge in [-0.15, -0.1) is 0 Å². The molecule has 5 aliphatic heterocycles. The van der Waals surface area contributed by atoms with Gasteiger partial charge in [-0.1, -0.05) is 60.7 Å². The fraction of sp³-hybridized carbons (Fsp3) is 0.387. The molecule has 6 atom stereocenters. The van der Waals surface area contributed by atoms with Crippen molar-refractivity contribution >= 4 is 11.6 Å².